The van der Waals surface area contributed by atoms with E-state index in [1.54, 1.807) is 29.1 Å². The van der Waals surface area contributed by atoms with E-state index in [9.17, 15) is 9.90 Å². The number of benzene rings is 2. The van der Waals surface area contributed by atoms with Crippen LogP contribution in [0.15, 0.2) is 58.2 Å². The fraction of sp³-hybridized carbons (Fsp3) is 0.0556. The quantitative estimate of drug-likeness (QED) is 0.429. The van der Waals surface area contributed by atoms with Crippen molar-refractivity contribution < 1.29 is 9.90 Å². The van der Waals surface area contributed by atoms with E-state index in [4.69, 9.17) is 23.2 Å². The maximum absolute atomic E-state index is 12.3. The Kier molecular flexibility index (Phi) is 6.15. The van der Waals surface area contributed by atoms with Crippen molar-refractivity contribution in [3.63, 3.8) is 0 Å². The van der Waals surface area contributed by atoms with Crippen LogP contribution in [0.2, 0.25) is 10.0 Å². The fourth-order valence-electron chi connectivity index (χ4n) is 2.25. The molecule has 0 saturated heterocycles. The number of rotatable bonds is 5. The summed E-state index contributed by atoms with van der Waals surface area (Å²) in [5.74, 6) is -0.486. The smallest absolute Gasteiger partial charge is 0.293 e. The highest BCUT2D eigenvalue weighted by molar-refractivity contribution is 9.10. The monoisotopic (exact) mass is 466 g/mol. The third kappa shape index (κ3) is 5.09. The van der Waals surface area contributed by atoms with Gasteiger partial charge in [-0.15, -0.1) is 0 Å². The predicted molar refractivity (Wildman–Crippen MR) is 109 cm³/mol. The molecule has 0 aliphatic rings. The van der Waals surface area contributed by atoms with Gasteiger partial charge in [0.25, 0.3) is 5.91 Å². The van der Waals surface area contributed by atoms with E-state index in [1.165, 1.54) is 18.3 Å². The van der Waals surface area contributed by atoms with Crippen LogP contribution < -0.4 is 5.43 Å². The number of nitrogens with one attached hydrogen (secondary N) is 1. The number of halogens is 3. The van der Waals surface area contributed by atoms with Gasteiger partial charge in [-0.05, 0) is 51.8 Å². The molecule has 0 aliphatic heterocycles. The Hall–Kier alpha value is -2.35. The van der Waals surface area contributed by atoms with E-state index < -0.39 is 5.91 Å². The molecule has 2 N–H and O–H groups in total. The van der Waals surface area contributed by atoms with Crippen LogP contribution in [0.5, 0.6) is 5.75 Å². The maximum atomic E-state index is 12.3. The van der Waals surface area contributed by atoms with Gasteiger partial charge in [0, 0.05) is 21.8 Å². The van der Waals surface area contributed by atoms with Gasteiger partial charge in [0.05, 0.1) is 17.2 Å². The zero-order chi connectivity index (χ0) is 19.4. The van der Waals surface area contributed by atoms with Crippen molar-refractivity contribution in [2.24, 2.45) is 5.10 Å². The number of phenols is 1. The minimum absolute atomic E-state index is 0.00539. The first-order valence-electron chi connectivity index (χ1n) is 7.71. The number of hydrazone groups is 1. The summed E-state index contributed by atoms with van der Waals surface area (Å²) in [6, 6.07) is 11.9. The van der Waals surface area contributed by atoms with Gasteiger partial charge >= 0.3 is 0 Å². The standard InChI is InChI=1S/C18H13BrCl2N4O2/c19-15-10-25(9-11-1-3-13(20)4-2-11)24-17(15)18(27)23-22-8-12-7-14(21)5-6-16(12)26/h1-8,10,26H,9H2,(H,23,27)/b22-8-. The number of hydrogen-bond acceptors (Lipinski definition) is 4. The van der Waals surface area contributed by atoms with Gasteiger partial charge in [0.15, 0.2) is 5.69 Å². The lowest BCUT2D eigenvalue weighted by Crippen LogP contribution is -2.19. The second-order valence-electron chi connectivity index (χ2n) is 5.55. The fourth-order valence-corrected chi connectivity index (χ4v) is 3.05. The summed E-state index contributed by atoms with van der Waals surface area (Å²) >= 11 is 15.1. The van der Waals surface area contributed by atoms with Gasteiger partial charge in [-0.2, -0.15) is 10.2 Å². The largest absolute Gasteiger partial charge is 0.507 e. The average Bonchev–Trinajstić information content (AvgIpc) is 3.00. The SMILES string of the molecule is O=C(N/N=C\c1cc(Cl)ccc1O)c1nn(Cc2ccc(Cl)cc2)cc1Br. The molecule has 3 rings (SSSR count). The lowest BCUT2D eigenvalue weighted by atomic mass is 10.2. The molecule has 1 aromatic heterocycles. The number of hydrogen-bond donors (Lipinski definition) is 2. The van der Waals surface area contributed by atoms with Crippen molar-refractivity contribution in [2.75, 3.05) is 0 Å². The van der Waals surface area contributed by atoms with E-state index >= 15 is 0 Å². The van der Waals surface area contributed by atoms with Gasteiger partial charge in [-0.25, -0.2) is 5.43 Å². The molecule has 2 aromatic carbocycles. The molecule has 0 saturated carbocycles. The third-order valence-corrected chi connectivity index (χ3v) is 4.62. The molecule has 1 amide bonds. The van der Waals surface area contributed by atoms with Gasteiger partial charge in [0.2, 0.25) is 0 Å². The Morgan fingerprint density at radius 3 is 2.67 bits per heavy atom. The van der Waals surface area contributed by atoms with Crippen LogP contribution in [0.25, 0.3) is 0 Å². The maximum Gasteiger partial charge on any atom is 0.293 e. The van der Waals surface area contributed by atoms with Crippen LogP contribution in [0.4, 0.5) is 0 Å². The van der Waals surface area contributed by atoms with Gasteiger partial charge in [-0.3, -0.25) is 9.48 Å². The molecule has 9 heteroatoms. The second-order valence-corrected chi connectivity index (χ2v) is 7.28. The van der Waals surface area contributed by atoms with Crippen molar-refractivity contribution in [1.29, 1.82) is 0 Å². The molecular formula is C18H13BrCl2N4O2. The molecule has 0 fully saturated rings. The molecule has 0 atom stereocenters. The summed E-state index contributed by atoms with van der Waals surface area (Å²) in [4.78, 5) is 12.3. The summed E-state index contributed by atoms with van der Waals surface area (Å²) < 4.78 is 2.17. The van der Waals surface area contributed by atoms with Crippen molar-refractivity contribution in [2.45, 2.75) is 6.54 Å². The second kappa shape index (κ2) is 8.56. The highest BCUT2D eigenvalue weighted by atomic mass is 79.9. The van der Waals surface area contributed by atoms with Crippen molar-refractivity contribution in [3.8, 4) is 5.75 Å². The number of amides is 1. The lowest BCUT2D eigenvalue weighted by molar-refractivity contribution is 0.0948. The summed E-state index contributed by atoms with van der Waals surface area (Å²) in [6.07, 6.45) is 3.01. The Labute approximate surface area is 173 Å². The van der Waals surface area contributed by atoms with Crippen LogP contribution >= 0.6 is 39.1 Å². The van der Waals surface area contributed by atoms with Crippen molar-refractivity contribution in [1.82, 2.24) is 15.2 Å². The number of carbonyl (C=O) groups is 1. The van der Waals surface area contributed by atoms with E-state index in [1.807, 2.05) is 12.1 Å². The normalized spacial score (nSPS) is 11.1. The first-order valence-corrected chi connectivity index (χ1v) is 9.26. The first kappa shape index (κ1) is 19.4. The number of aromatic nitrogens is 2. The summed E-state index contributed by atoms with van der Waals surface area (Å²) in [5, 5.41) is 18.9. The first-order chi connectivity index (χ1) is 12.9. The van der Waals surface area contributed by atoms with E-state index in [0.717, 1.165) is 5.56 Å². The Morgan fingerprint density at radius 2 is 1.93 bits per heavy atom. The van der Waals surface area contributed by atoms with Crippen LogP contribution in [-0.2, 0) is 6.54 Å². The summed E-state index contributed by atoms with van der Waals surface area (Å²) in [5.41, 5.74) is 3.94. The number of carbonyl (C=O) groups excluding carboxylic acids is 1. The Balaban J connectivity index is 1.68. The molecule has 0 aliphatic carbocycles. The van der Waals surface area contributed by atoms with Crippen LogP contribution in [0.3, 0.4) is 0 Å². The topological polar surface area (TPSA) is 79.5 Å². The Morgan fingerprint density at radius 1 is 1.22 bits per heavy atom. The minimum Gasteiger partial charge on any atom is -0.507 e. The molecule has 0 radical (unpaired) electrons. The lowest BCUT2D eigenvalue weighted by Gasteiger charge is -2.02. The highest BCUT2D eigenvalue weighted by Gasteiger charge is 2.15. The molecule has 3 aromatic rings. The van der Waals surface area contributed by atoms with Crippen molar-refractivity contribution >= 4 is 51.3 Å². The predicted octanol–water partition coefficient (Wildman–Crippen LogP) is 4.47. The van der Waals surface area contributed by atoms with Gasteiger partial charge < -0.3 is 5.11 Å². The molecule has 0 unspecified atom stereocenters. The highest BCUT2D eigenvalue weighted by Crippen LogP contribution is 2.20. The van der Waals surface area contributed by atoms with E-state index in [2.05, 4.69) is 31.6 Å². The van der Waals surface area contributed by atoms with Gasteiger partial charge in [-0.1, -0.05) is 35.3 Å². The molecular weight excluding hydrogens is 455 g/mol. The third-order valence-electron chi connectivity index (χ3n) is 3.55. The summed E-state index contributed by atoms with van der Waals surface area (Å²) in [7, 11) is 0. The van der Waals surface area contributed by atoms with Crippen LogP contribution in [-0.4, -0.2) is 27.0 Å². The van der Waals surface area contributed by atoms with Gasteiger partial charge in [0.1, 0.15) is 5.75 Å². The zero-order valence-corrected chi connectivity index (χ0v) is 16.8. The van der Waals surface area contributed by atoms with Crippen LogP contribution in [0, 0.1) is 0 Å². The minimum atomic E-state index is -0.491. The number of nitrogens with zero attached hydrogens (tertiary/aromatic N) is 3. The Bertz CT molecular complexity index is 1000. The molecule has 0 spiro atoms. The molecule has 6 nitrogen and oxygen atoms in total. The van der Waals surface area contributed by atoms with Crippen LogP contribution in [0.1, 0.15) is 21.6 Å². The molecule has 27 heavy (non-hydrogen) atoms. The van der Waals surface area contributed by atoms with Crippen molar-refractivity contribution in [3.05, 3.63) is 80.0 Å². The van der Waals surface area contributed by atoms with E-state index in [-0.39, 0.29) is 11.4 Å². The zero-order valence-electron chi connectivity index (χ0n) is 13.7. The average molecular weight is 468 g/mol. The van der Waals surface area contributed by atoms with E-state index in [0.29, 0.717) is 26.6 Å². The molecule has 0 bridgehead atoms. The molecule has 1 heterocycles. The number of phenolic OH excluding ortho intramolecular Hbond substituents is 1. The molecule has 138 valence electrons. The summed E-state index contributed by atoms with van der Waals surface area (Å²) in [6.45, 7) is 0.489. The number of aromatic hydroxyl groups is 1.